The van der Waals surface area contributed by atoms with Gasteiger partial charge in [0.15, 0.2) is 0 Å². The SMILES string of the molecule is COc1ccccc1C(CCN)c1ccc(OC(C)C)cc1.Cl. The first-order chi connectivity index (χ1) is 10.7. The molecule has 0 bridgehead atoms. The number of hydrogen-bond acceptors (Lipinski definition) is 3. The summed E-state index contributed by atoms with van der Waals surface area (Å²) in [5.74, 6) is 2.03. The van der Waals surface area contributed by atoms with E-state index in [1.165, 1.54) is 11.1 Å². The van der Waals surface area contributed by atoms with Crippen LogP contribution >= 0.6 is 12.4 Å². The molecule has 0 saturated heterocycles. The normalized spacial score (nSPS) is 11.7. The third-order valence-corrected chi connectivity index (χ3v) is 3.62. The number of rotatable bonds is 7. The molecule has 2 rings (SSSR count). The van der Waals surface area contributed by atoms with Gasteiger partial charge in [-0.1, -0.05) is 30.3 Å². The molecule has 0 saturated carbocycles. The quantitative estimate of drug-likeness (QED) is 0.816. The molecular weight excluding hydrogens is 310 g/mol. The summed E-state index contributed by atoms with van der Waals surface area (Å²) in [6, 6.07) is 16.4. The van der Waals surface area contributed by atoms with Crippen LogP contribution in [0.25, 0.3) is 0 Å². The van der Waals surface area contributed by atoms with Crippen LogP contribution in [-0.2, 0) is 0 Å². The van der Waals surface area contributed by atoms with Crippen molar-refractivity contribution in [1.82, 2.24) is 0 Å². The second kappa shape index (κ2) is 9.43. The Morgan fingerprint density at radius 3 is 2.22 bits per heavy atom. The molecule has 3 nitrogen and oxygen atoms in total. The van der Waals surface area contributed by atoms with Gasteiger partial charge < -0.3 is 15.2 Å². The minimum absolute atomic E-state index is 0. The molecule has 4 heteroatoms. The molecule has 0 radical (unpaired) electrons. The highest BCUT2D eigenvalue weighted by Gasteiger charge is 2.17. The van der Waals surface area contributed by atoms with Crippen LogP contribution in [0.3, 0.4) is 0 Å². The fourth-order valence-electron chi connectivity index (χ4n) is 2.67. The molecule has 1 atom stereocenters. The topological polar surface area (TPSA) is 44.5 Å². The van der Waals surface area contributed by atoms with E-state index < -0.39 is 0 Å². The molecule has 2 N–H and O–H groups in total. The molecule has 1 unspecified atom stereocenters. The van der Waals surface area contributed by atoms with Crippen molar-refractivity contribution in [2.75, 3.05) is 13.7 Å². The van der Waals surface area contributed by atoms with Crippen molar-refractivity contribution in [3.05, 3.63) is 59.7 Å². The van der Waals surface area contributed by atoms with Gasteiger partial charge in [0.1, 0.15) is 11.5 Å². The molecule has 0 fully saturated rings. The Labute approximate surface area is 145 Å². The van der Waals surface area contributed by atoms with Gasteiger partial charge in [-0.3, -0.25) is 0 Å². The van der Waals surface area contributed by atoms with Crippen molar-refractivity contribution in [3.63, 3.8) is 0 Å². The van der Waals surface area contributed by atoms with E-state index in [9.17, 15) is 0 Å². The highest BCUT2D eigenvalue weighted by atomic mass is 35.5. The van der Waals surface area contributed by atoms with E-state index in [4.69, 9.17) is 15.2 Å². The Kier molecular flexibility index (Phi) is 7.93. The zero-order chi connectivity index (χ0) is 15.9. The third kappa shape index (κ3) is 5.15. The van der Waals surface area contributed by atoms with Gasteiger partial charge in [0.25, 0.3) is 0 Å². The highest BCUT2D eigenvalue weighted by molar-refractivity contribution is 5.85. The molecule has 0 aliphatic carbocycles. The fourth-order valence-corrected chi connectivity index (χ4v) is 2.67. The van der Waals surface area contributed by atoms with Gasteiger partial charge in [0, 0.05) is 11.5 Å². The third-order valence-electron chi connectivity index (χ3n) is 3.62. The van der Waals surface area contributed by atoms with Crippen LogP contribution in [-0.4, -0.2) is 19.8 Å². The summed E-state index contributed by atoms with van der Waals surface area (Å²) in [7, 11) is 1.71. The molecular formula is C19H26ClNO2. The molecule has 0 heterocycles. The standard InChI is InChI=1S/C19H25NO2.ClH/c1-14(2)22-16-10-8-15(9-11-16)17(12-13-20)18-6-4-5-7-19(18)21-3;/h4-11,14,17H,12-13,20H2,1-3H3;1H. The zero-order valence-corrected chi connectivity index (χ0v) is 14.8. The Morgan fingerprint density at radius 1 is 1.00 bits per heavy atom. The van der Waals surface area contributed by atoms with Crippen LogP contribution in [0.5, 0.6) is 11.5 Å². The number of para-hydroxylation sites is 1. The fraction of sp³-hybridized carbons (Fsp3) is 0.368. The predicted molar refractivity (Wildman–Crippen MR) is 98.0 cm³/mol. The van der Waals surface area contributed by atoms with Crippen molar-refractivity contribution in [2.45, 2.75) is 32.3 Å². The molecule has 2 aromatic rings. The van der Waals surface area contributed by atoms with Crippen molar-refractivity contribution in [3.8, 4) is 11.5 Å². The minimum Gasteiger partial charge on any atom is -0.496 e. The summed E-state index contributed by atoms with van der Waals surface area (Å²) >= 11 is 0. The number of hydrogen-bond donors (Lipinski definition) is 1. The lowest BCUT2D eigenvalue weighted by Crippen LogP contribution is -2.10. The van der Waals surface area contributed by atoms with Crippen molar-refractivity contribution in [2.24, 2.45) is 5.73 Å². The Hall–Kier alpha value is -1.71. The molecule has 23 heavy (non-hydrogen) atoms. The number of methoxy groups -OCH3 is 1. The van der Waals surface area contributed by atoms with Gasteiger partial charge in [0.05, 0.1) is 13.2 Å². The summed E-state index contributed by atoms with van der Waals surface area (Å²) < 4.78 is 11.2. The first-order valence-electron chi connectivity index (χ1n) is 7.75. The zero-order valence-electron chi connectivity index (χ0n) is 14.0. The molecule has 0 aliphatic heterocycles. The highest BCUT2D eigenvalue weighted by Crippen LogP contribution is 2.34. The van der Waals surface area contributed by atoms with Gasteiger partial charge in [-0.25, -0.2) is 0 Å². The van der Waals surface area contributed by atoms with E-state index in [0.29, 0.717) is 6.54 Å². The van der Waals surface area contributed by atoms with E-state index in [1.807, 2.05) is 44.2 Å². The molecule has 126 valence electrons. The summed E-state index contributed by atoms with van der Waals surface area (Å²) in [5.41, 5.74) is 8.23. The maximum absolute atomic E-state index is 5.83. The minimum atomic E-state index is 0. The van der Waals surface area contributed by atoms with Crippen LogP contribution < -0.4 is 15.2 Å². The molecule has 0 amide bonds. The van der Waals surface area contributed by atoms with Gasteiger partial charge in [-0.2, -0.15) is 0 Å². The van der Waals surface area contributed by atoms with Crippen molar-refractivity contribution in [1.29, 1.82) is 0 Å². The molecule has 0 aromatic heterocycles. The van der Waals surface area contributed by atoms with Crippen LogP contribution in [0, 0.1) is 0 Å². The van der Waals surface area contributed by atoms with Crippen LogP contribution in [0.1, 0.15) is 37.3 Å². The Bertz CT molecular complexity index is 584. The molecule has 0 spiro atoms. The largest absolute Gasteiger partial charge is 0.496 e. The average Bonchev–Trinajstić information content (AvgIpc) is 2.53. The predicted octanol–water partition coefficient (Wildman–Crippen LogP) is 4.38. The van der Waals surface area contributed by atoms with Gasteiger partial charge in [-0.15, -0.1) is 12.4 Å². The van der Waals surface area contributed by atoms with Crippen LogP contribution in [0.15, 0.2) is 48.5 Å². The van der Waals surface area contributed by atoms with Gasteiger partial charge in [0.2, 0.25) is 0 Å². The average molecular weight is 336 g/mol. The maximum atomic E-state index is 5.83. The van der Waals surface area contributed by atoms with E-state index >= 15 is 0 Å². The van der Waals surface area contributed by atoms with Gasteiger partial charge in [-0.05, 0) is 50.6 Å². The summed E-state index contributed by atoms with van der Waals surface area (Å²) in [5, 5.41) is 0. The van der Waals surface area contributed by atoms with Crippen molar-refractivity contribution >= 4 is 12.4 Å². The summed E-state index contributed by atoms with van der Waals surface area (Å²) in [6.45, 7) is 4.69. The van der Waals surface area contributed by atoms with E-state index in [0.717, 1.165) is 17.9 Å². The Balaban J connectivity index is 0.00000264. The second-order valence-electron chi connectivity index (χ2n) is 5.61. The number of halogens is 1. The molecule has 0 aliphatic rings. The lowest BCUT2D eigenvalue weighted by molar-refractivity contribution is 0.242. The first kappa shape index (κ1) is 19.3. The first-order valence-corrected chi connectivity index (χ1v) is 7.75. The van der Waals surface area contributed by atoms with Crippen molar-refractivity contribution < 1.29 is 9.47 Å². The number of benzene rings is 2. The van der Waals surface area contributed by atoms with E-state index in [1.54, 1.807) is 7.11 Å². The van der Waals surface area contributed by atoms with Crippen LogP contribution in [0.4, 0.5) is 0 Å². The smallest absolute Gasteiger partial charge is 0.122 e. The summed E-state index contributed by atoms with van der Waals surface area (Å²) in [6.07, 6.45) is 1.06. The summed E-state index contributed by atoms with van der Waals surface area (Å²) in [4.78, 5) is 0. The second-order valence-corrected chi connectivity index (χ2v) is 5.61. The van der Waals surface area contributed by atoms with E-state index in [-0.39, 0.29) is 24.4 Å². The van der Waals surface area contributed by atoms with Crippen LogP contribution in [0.2, 0.25) is 0 Å². The monoisotopic (exact) mass is 335 g/mol. The van der Waals surface area contributed by atoms with Gasteiger partial charge >= 0.3 is 0 Å². The molecule has 2 aromatic carbocycles. The number of nitrogens with two attached hydrogens (primary N) is 1. The Morgan fingerprint density at radius 2 is 1.65 bits per heavy atom. The number of ether oxygens (including phenoxy) is 2. The lowest BCUT2D eigenvalue weighted by atomic mass is 9.88. The van der Waals surface area contributed by atoms with E-state index in [2.05, 4.69) is 18.2 Å². The maximum Gasteiger partial charge on any atom is 0.122 e. The lowest BCUT2D eigenvalue weighted by Gasteiger charge is -2.20.